The van der Waals surface area contributed by atoms with Crippen molar-refractivity contribution in [2.45, 2.75) is 12.8 Å². The minimum atomic E-state index is 0.652. The zero-order valence-corrected chi connectivity index (χ0v) is 8.21. The standard InChI is InChI=1S/C12H13NO/c1-8-12(9-6-13-7-9)10-4-2-3-5-11(10)14-8/h2-5,9,13H,6-7H2,1H3. The van der Waals surface area contributed by atoms with Gasteiger partial charge in [0.1, 0.15) is 11.3 Å². The number of furan rings is 1. The van der Waals surface area contributed by atoms with Crippen molar-refractivity contribution >= 4 is 11.0 Å². The molecule has 2 heterocycles. The molecule has 2 nitrogen and oxygen atoms in total. The van der Waals surface area contributed by atoms with Gasteiger partial charge in [-0.15, -0.1) is 0 Å². The van der Waals surface area contributed by atoms with Crippen LogP contribution in [0.4, 0.5) is 0 Å². The Kier molecular flexibility index (Phi) is 1.64. The van der Waals surface area contributed by atoms with Crippen LogP contribution in [0.3, 0.4) is 0 Å². The zero-order chi connectivity index (χ0) is 9.54. The number of hydrogen-bond acceptors (Lipinski definition) is 2. The highest BCUT2D eigenvalue weighted by molar-refractivity contribution is 5.83. The van der Waals surface area contributed by atoms with E-state index in [0.717, 1.165) is 24.4 Å². The molecule has 1 fully saturated rings. The molecule has 0 spiro atoms. The van der Waals surface area contributed by atoms with Gasteiger partial charge in [0.05, 0.1) is 0 Å². The summed E-state index contributed by atoms with van der Waals surface area (Å²) in [5.74, 6) is 1.73. The molecule has 14 heavy (non-hydrogen) atoms. The van der Waals surface area contributed by atoms with Crippen molar-refractivity contribution in [3.63, 3.8) is 0 Å². The summed E-state index contributed by atoms with van der Waals surface area (Å²) in [4.78, 5) is 0. The van der Waals surface area contributed by atoms with Crippen molar-refractivity contribution in [2.75, 3.05) is 13.1 Å². The second kappa shape index (κ2) is 2.85. The first-order chi connectivity index (χ1) is 6.86. The lowest BCUT2D eigenvalue weighted by Gasteiger charge is -2.27. The summed E-state index contributed by atoms with van der Waals surface area (Å²) in [6.45, 7) is 4.24. The average Bonchev–Trinajstić information content (AvgIpc) is 2.41. The molecule has 0 radical (unpaired) electrons. The molecule has 0 bridgehead atoms. The lowest BCUT2D eigenvalue weighted by atomic mass is 9.91. The summed E-state index contributed by atoms with van der Waals surface area (Å²) in [5.41, 5.74) is 2.42. The maximum Gasteiger partial charge on any atom is 0.134 e. The number of hydrogen-bond donors (Lipinski definition) is 1. The maximum absolute atomic E-state index is 5.73. The van der Waals surface area contributed by atoms with Gasteiger partial charge in [-0.3, -0.25) is 0 Å². The molecule has 2 aromatic rings. The van der Waals surface area contributed by atoms with Crippen molar-refractivity contribution in [1.29, 1.82) is 0 Å². The van der Waals surface area contributed by atoms with Gasteiger partial charge < -0.3 is 9.73 Å². The molecule has 1 N–H and O–H groups in total. The van der Waals surface area contributed by atoms with Crippen LogP contribution in [0.5, 0.6) is 0 Å². The van der Waals surface area contributed by atoms with Gasteiger partial charge in [-0.1, -0.05) is 18.2 Å². The number of para-hydroxylation sites is 1. The highest BCUT2D eigenvalue weighted by Crippen LogP contribution is 2.33. The van der Waals surface area contributed by atoms with E-state index in [9.17, 15) is 0 Å². The number of fused-ring (bicyclic) bond motifs is 1. The van der Waals surface area contributed by atoms with E-state index >= 15 is 0 Å². The number of benzene rings is 1. The zero-order valence-electron chi connectivity index (χ0n) is 8.21. The lowest BCUT2D eigenvalue weighted by molar-refractivity contribution is 0.440. The third-order valence-electron chi connectivity index (χ3n) is 3.01. The Morgan fingerprint density at radius 1 is 1.29 bits per heavy atom. The second-order valence-electron chi connectivity index (χ2n) is 3.92. The fourth-order valence-corrected chi connectivity index (χ4v) is 2.19. The van der Waals surface area contributed by atoms with Crippen molar-refractivity contribution < 1.29 is 4.42 Å². The molecule has 0 unspecified atom stereocenters. The molecule has 0 aliphatic carbocycles. The molecule has 1 aliphatic heterocycles. The summed E-state index contributed by atoms with van der Waals surface area (Å²) in [6.07, 6.45) is 0. The summed E-state index contributed by atoms with van der Waals surface area (Å²) >= 11 is 0. The summed E-state index contributed by atoms with van der Waals surface area (Å²) in [7, 11) is 0. The average molecular weight is 187 g/mol. The minimum absolute atomic E-state index is 0.652. The van der Waals surface area contributed by atoms with Gasteiger partial charge in [0.25, 0.3) is 0 Å². The molecule has 2 heteroatoms. The largest absolute Gasteiger partial charge is 0.461 e. The second-order valence-corrected chi connectivity index (χ2v) is 3.92. The molecule has 0 amide bonds. The number of nitrogens with one attached hydrogen (secondary N) is 1. The third kappa shape index (κ3) is 1.01. The van der Waals surface area contributed by atoms with Crippen LogP contribution in [-0.2, 0) is 0 Å². The van der Waals surface area contributed by atoms with Crippen LogP contribution >= 0.6 is 0 Å². The van der Waals surface area contributed by atoms with Crippen LogP contribution in [-0.4, -0.2) is 13.1 Å². The van der Waals surface area contributed by atoms with E-state index in [-0.39, 0.29) is 0 Å². The van der Waals surface area contributed by atoms with Gasteiger partial charge in [-0.05, 0) is 13.0 Å². The maximum atomic E-state index is 5.73. The summed E-state index contributed by atoms with van der Waals surface area (Å²) in [5, 5.41) is 4.59. The Labute approximate surface area is 82.9 Å². The van der Waals surface area contributed by atoms with Crippen molar-refractivity contribution in [3.05, 3.63) is 35.6 Å². The molecule has 1 aromatic carbocycles. The minimum Gasteiger partial charge on any atom is -0.461 e. The highest BCUT2D eigenvalue weighted by atomic mass is 16.3. The predicted molar refractivity (Wildman–Crippen MR) is 56.6 cm³/mol. The normalized spacial score (nSPS) is 17.2. The Morgan fingerprint density at radius 3 is 2.79 bits per heavy atom. The lowest BCUT2D eigenvalue weighted by Crippen LogP contribution is -2.40. The van der Waals surface area contributed by atoms with Gasteiger partial charge in [-0.25, -0.2) is 0 Å². The van der Waals surface area contributed by atoms with E-state index in [4.69, 9.17) is 4.42 Å². The third-order valence-corrected chi connectivity index (χ3v) is 3.01. The topological polar surface area (TPSA) is 25.2 Å². The Morgan fingerprint density at radius 2 is 2.07 bits per heavy atom. The van der Waals surface area contributed by atoms with Gasteiger partial charge in [0, 0.05) is 30.0 Å². The molecule has 72 valence electrons. The first-order valence-corrected chi connectivity index (χ1v) is 5.05. The van der Waals surface area contributed by atoms with Crippen molar-refractivity contribution in [3.8, 4) is 0 Å². The summed E-state index contributed by atoms with van der Waals surface area (Å²) < 4.78 is 5.73. The molecule has 3 rings (SSSR count). The van der Waals surface area contributed by atoms with Gasteiger partial charge >= 0.3 is 0 Å². The van der Waals surface area contributed by atoms with E-state index in [1.54, 1.807) is 0 Å². The van der Waals surface area contributed by atoms with E-state index in [1.165, 1.54) is 10.9 Å². The predicted octanol–water partition coefficient (Wildman–Crippen LogP) is 2.43. The van der Waals surface area contributed by atoms with Crippen molar-refractivity contribution in [1.82, 2.24) is 5.32 Å². The number of aryl methyl sites for hydroxylation is 1. The molecule has 0 saturated carbocycles. The van der Waals surface area contributed by atoms with E-state index < -0.39 is 0 Å². The molecule has 1 aliphatic rings. The van der Waals surface area contributed by atoms with Crippen LogP contribution in [0.2, 0.25) is 0 Å². The monoisotopic (exact) mass is 187 g/mol. The van der Waals surface area contributed by atoms with Gasteiger partial charge in [0.2, 0.25) is 0 Å². The fourth-order valence-electron chi connectivity index (χ4n) is 2.19. The van der Waals surface area contributed by atoms with Crippen LogP contribution in [0.25, 0.3) is 11.0 Å². The van der Waals surface area contributed by atoms with Gasteiger partial charge in [-0.2, -0.15) is 0 Å². The molecule has 0 atom stereocenters. The molecular weight excluding hydrogens is 174 g/mol. The SMILES string of the molecule is Cc1oc2ccccc2c1C1CNC1. The molecular formula is C12H13NO. The first-order valence-electron chi connectivity index (χ1n) is 5.05. The highest BCUT2D eigenvalue weighted by Gasteiger charge is 2.25. The van der Waals surface area contributed by atoms with Crippen molar-refractivity contribution in [2.24, 2.45) is 0 Å². The summed E-state index contributed by atoms with van der Waals surface area (Å²) in [6, 6.07) is 8.29. The molecule has 1 saturated heterocycles. The van der Waals surface area contributed by atoms with E-state index in [2.05, 4.69) is 24.4 Å². The van der Waals surface area contributed by atoms with Crippen LogP contribution in [0.1, 0.15) is 17.2 Å². The number of rotatable bonds is 1. The van der Waals surface area contributed by atoms with E-state index in [0.29, 0.717) is 5.92 Å². The Balaban J connectivity index is 2.24. The van der Waals surface area contributed by atoms with Crippen LogP contribution in [0.15, 0.2) is 28.7 Å². The smallest absolute Gasteiger partial charge is 0.134 e. The van der Waals surface area contributed by atoms with Gasteiger partial charge in [0.15, 0.2) is 0 Å². The Bertz CT molecular complexity index is 468. The first kappa shape index (κ1) is 8.06. The Hall–Kier alpha value is -1.28. The molecule has 1 aromatic heterocycles. The fraction of sp³-hybridized carbons (Fsp3) is 0.333. The van der Waals surface area contributed by atoms with Crippen LogP contribution in [0, 0.1) is 6.92 Å². The van der Waals surface area contributed by atoms with Crippen LogP contribution < -0.4 is 5.32 Å². The quantitative estimate of drug-likeness (QED) is 0.741. The van der Waals surface area contributed by atoms with E-state index in [1.807, 2.05) is 12.1 Å².